The Morgan fingerprint density at radius 1 is 0.938 bits per heavy atom. The van der Waals surface area contributed by atoms with E-state index in [1.807, 2.05) is 60.7 Å². The minimum atomic E-state index is -3.88. The molecule has 0 spiro atoms. The van der Waals surface area contributed by atoms with Gasteiger partial charge in [-0.05, 0) is 48.7 Å². The number of aryl methyl sites for hydroxylation is 1. The van der Waals surface area contributed by atoms with Crippen LogP contribution in [0.15, 0.2) is 83.8 Å². The predicted molar refractivity (Wildman–Crippen MR) is 125 cm³/mol. The summed E-state index contributed by atoms with van der Waals surface area (Å²) < 4.78 is 33.6. The van der Waals surface area contributed by atoms with Gasteiger partial charge >= 0.3 is 0 Å². The van der Waals surface area contributed by atoms with Crippen molar-refractivity contribution in [3.05, 3.63) is 95.6 Å². The van der Waals surface area contributed by atoms with E-state index in [2.05, 4.69) is 4.72 Å². The molecule has 0 aliphatic heterocycles. The molecule has 168 valence electrons. The third-order valence-corrected chi connectivity index (χ3v) is 6.66. The van der Waals surface area contributed by atoms with Crippen molar-refractivity contribution in [1.29, 1.82) is 0 Å². The van der Waals surface area contributed by atoms with Crippen LogP contribution < -0.4 is 9.46 Å². The molecule has 0 aliphatic rings. The van der Waals surface area contributed by atoms with Gasteiger partial charge < -0.3 is 9.64 Å². The highest BCUT2D eigenvalue weighted by molar-refractivity contribution is 7.89. The van der Waals surface area contributed by atoms with Crippen LogP contribution in [-0.2, 0) is 27.9 Å². The first-order valence-corrected chi connectivity index (χ1v) is 11.8. The minimum absolute atomic E-state index is 0.0909. The number of ether oxygens (including phenoxy) is 1. The fourth-order valence-corrected chi connectivity index (χ4v) is 4.74. The molecule has 3 aromatic carbocycles. The molecule has 1 amide bonds. The van der Waals surface area contributed by atoms with E-state index in [0.717, 1.165) is 11.1 Å². The predicted octanol–water partition coefficient (Wildman–Crippen LogP) is 3.90. The fraction of sp³-hybridized carbons (Fsp3) is 0.240. The quantitative estimate of drug-likeness (QED) is 0.534. The Labute approximate surface area is 189 Å². The Hall–Kier alpha value is -3.16. The Balaban J connectivity index is 1.80. The van der Waals surface area contributed by atoms with Crippen molar-refractivity contribution in [1.82, 2.24) is 9.62 Å². The first-order chi connectivity index (χ1) is 15.3. The second kappa shape index (κ2) is 10.4. The van der Waals surface area contributed by atoms with E-state index in [1.165, 1.54) is 19.2 Å². The number of sulfonamides is 1. The Morgan fingerprint density at radius 3 is 1.94 bits per heavy atom. The van der Waals surface area contributed by atoms with Gasteiger partial charge in [-0.1, -0.05) is 60.7 Å². The number of nitrogens with one attached hydrogen (secondary N) is 1. The molecule has 0 radical (unpaired) electrons. The zero-order valence-corrected chi connectivity index (χ0v) is 19.3. The van der Waals surface area contributed by atoms with Crippen LogP contribution in [0.5, 0.6) is 5.75 Å². The van der Waals surface area contributed by atoms with Gasteiger partial charge in [0.1, 0.15) is 5.75 Å². The second-order valence-electron chi connectivity index (χ2n) is 7.64. The van der Waals surface area contributed by atoms with Crippen LogP contribution in [0.2, 0.25) is 0 Å². The van der Waals surface area contributed by atoms with Crippen LogP contribution in [0.4, 0.5) is 0 Å². The summed E-state index contributed by atoms with van der Waals surface area (Å²) in [6, 6.07) is 22.9. The van der Waals surface area contributed by atoms with Crippen molar-refractivity contribution in [2.75, 3.05) is 7.11 Å². The van der Waals surface area contributed by atoms with Crippen LogP contribution in [-0.4, -0.2) is 32.4 Å². The summed E-state index contributed by atoms with van der Waals surface area (Å²) in [7, 11) is -2.35. The van der Waals surface area contributed by atoms with Gasteiger partial charge in [-0.15, -0.1) is 0 Å². The van der Waals surface area contributed by atoms with Crippen LogP contribution in [0.1, 0.15) is 23.6 Å². The number of nitrogens with zero attached hydrogens (tertiary/aromatic N) is 1. The van der Waals surface area contributed by atoms with E-state index < -0.39 is 16.1 Å². The lowest BCUT2D eigenvalue weighted by molar-refractivity contribution is -0.133. The van der Waals surface area contributed by atoms with Crippen molar-refractivity contribution in [3.8, 4) is 5.75 Å². The fourth-order valence-electron chi connectivity index (χ4n) is 3.46. The topological polar surface area (TPSA) is 75.7 Å². The average Bonchev–Trinajstić information content (AvgIpc) is 2.79. The molecule has 32 heavy (non-hydrogen) atoms. The molecular formula is C25H28N2O4S. The normalized spacial score (nSPS) is 12.2. The van der Waals surface area contributed by atoms with Crippen LogP contribution in [0, 0.1) is 6.92 Å². The number of amides is 1. The molecule has 6 nitrogen and oxygen atoms in total. The van der Waals surface area contributed by atoms with Crippen molar-refractivity contribution in [2.24, 2.45) is 0 Å². The number of benzene rings is 3. The maximum atomic E-state index is 13.3. The van der Waals surface area contributed by atoms with E-state index in [1.54, 1.807) is 24.8 Å². The van der Waals surface area contributed by atoms with Gasteiger partial charge in [0, 0.05) is 13.1 Å². The number of carbonyl (C=O) groups is 1. The first-order valence-electron chi connectivity index (χ1n) is 10.3. The highest BCUT2D eigenvalue weighted by Crippen LogP contribution is 2.21. The maximum absolute atomic E-state index is 13.3. The molecule has 7 heteroatoms. The highest BCUT2D eigenvalue weighted by Gasteiger charge is 2.26. The van der Waals surface area contributed by atoms with E-state index in [0.29, 0.717) is 24.4 Å². The molecule has 0 heterocycles. The monoisotopic (exact) mass is 452 g/mol. The number of hydrogen-bond donors (Lipinski definition) is 1. The molecule has 0 fully saturated rings. The lowest BCUT2D eigenvalue weighted by atomic mass is 10.1. The summed E-state index contributed by atoms with van der Waals surface area (Å²) in [5.74, 6) is 0.302. The summed E-state index contributed by atoms with van der Waals surface area (Å²) >= 11 is 0. The van der Waals surface area contributed by atoms with Crippen molar-refractivity contribution < 1.29 is 17.9 Å². The third kappa shape index (κ3) is 5.96. The SMILES string of the molecule is COc1ccc(S(=O)(=O)N[C@@H](C)C(=O)N(Cc2ccccc2)Cc2ccccc2)cc1C. The van der Waals surface area contributed by atoms with Crippen molar-refractivity contribution in [3.63, 3.8) is 0 Å². The van der Waals surface area contributed by atoms with Gasteiger partial charge in [-0.2, -0.15) is 4.72 Å². The van der Waals surface area contributed by atoms with Crippen LogP contribution >= 0.6 is 0 Å². The number of rotatable bonds is 9. The van der Waals surface area contributed by atoms with Crippen LogP contribution in [0.3, 0.4) is 0 Å². The lowest BCUT2D eigenvalue weighted by Crippen LogP contribution is -2.46. The van der Waals surface area contributed by atoms with Gasteiger partial charge in [-0.3, -0.25) is 4.79 Å². The first kappa shape index (κ1) is 23.5. The lowest BCUT2D eigenvalue weighted by Gasteiger charge is -2.26. The third-order valence-electron chi connectivity index (χ3n) is 5.12. The molecule has 0 bridgehead atoms. The van der Waals surface area contributed by atoms with Gasteiger partial charge in [0.05, 0.1) is 18.0 Å². The molecular weight excluding hydrogens is 424 g/mol. The minimum Gasteiger partial charge on any atom is -0.496 e. The van der Waals surface area contributed by atoms with Gasteiger partial charge in [0.2, 0.25) is 15.9 Å². The molecule has 0 saturated heterocycles. The second-order valence-corrected chi connectivity index (χ2v) is 9.35. The Kier molecular flexibility index (Phi) is 7.66. The number of carbonyl (C=O) groups excluding carboxylic acids is 1. The summed E-state index contributed by atoms with van der Waals surface area (Å²) in [6.07, 6.45) is 0. The molecule has 1 N–H and O–H groups in total. The Bertz CT molecular complexity index is 1110. The molecule has 3 rings (SSSR count). The van der Waals surface area contributed by atoms with E-state index >= 15 is 0 Å². The van der Waals surface area contributed by atoms with E-state index in [-0.39, 0.29) is 10.8 Å². The molecule has 0 aliphatic carbocycles. The molecule has 1 atom stereocenters. The zero-order valence-electron chi connectivity index (χ0n) is 18.5. The zero-order chi connectivity index (χ0) is 23.1. The largest absolute Gasteiger partial charge is 0.496 e. The summed E-state index contributed by atoms with van der Waals surface area (Å²) in [6.45, 7) is 4.09. The smallest absolute Gasteiger partial charge is 0.241 e. The van der Waals surface area contributed by atoms with Gasteiger partial charge in [-0.25, -0.2) is 8.42 Å². The highest BCUT2D eigenvalue weighted by atomic mass is 32.2. The van der Waals surface area contributed by atoms with Gasteiger partial charge in [0.25, 0.3) is 0 Å². The molecule has 0 aromatic heterocycles. The van der Waals surface area contributed by atoms with E-state index in [4.69, 9.17) is 4.74 Å². The maximum Gasteiger partial charge on any atom is 0.241 e. The Morgan fingerprint density at radius 2 is 1.47 bits per heavy atom. The van der Waals surface area contributed by atoms with E-state index in [9.17, 15) is 13.2 Å². The molecule has 3 aromatic rings. The average molecular weight is 453 g/mol. The van der Waals surface area contributed by atoms with Crippen LogP contribution in [0.25, 0.3) is 0 Å². The molecule has 0 unspecified atom stereocenters. The number of hydrogen-bond acceptors (Lipinski definition) is 4. The van der Waals surface area contributed by atoms with Gasteiger partial charge in [0.15, 0.2) is 0 Å². The summed E-state index contributed by atoms with van der Waals surface area (Å²) in [5.41, 5.74) is 2.64. The summed E-state index contributed by atoms with van der Waals surface area (Å²) in [5, 5.41) is 0. The number of methoxy groups -OCH3 is 1. The molecule has 0 saturated carbocycles. The van der Waals surface area contributed by atoms with Crippen molar-refractivity contribution in [2.45, 2.75) is 37.9 Å². The standard InChI is InChI=1S/C25H28N2O4S/c1-19-16-23(14-15-24(19)31-3)32(29,30)26-20(2)25(28)27(17-21-10-6-4-7-11-21)18-22-12-8-5-9-13-22/h4-16,20,26H,17-18H2,1-3H3/t20-/m0/s1. The summed E-state index contributed by atoms with van der Waals surface area (Å²) in [4.78, 5) is 15.1. The van der Waals surface area contributed by atoms with Crippen molar-refractivity contribution >= 4 is 15.9 Å².